The summed E-state index contributed by atoms with van der Waals surface area (Å²) in [5.74, 6) is 1.28. The van der Waals surface area contributed by atoms with E-state index < -0.39 is 0 Å². The van der Waals surface area contributed by atoms with Gasteiger partial charge in [0.15, 0.2) is 0 Å². The van der Waals surface area contributed by atoms with Crippen LogP contribution in [0.2, 0.25) is 0 Å². The Bertz CT molecular complexity index is 825. The van der Waals surface area contributed by atoms with Gasteiger partial charge < -0.3 is 9.72 Å². The van der Waals surface area contributed by atoms with Crippen LogP contribution in [0.4, 0.5) is 0 Å². The molecule has 0 saturated heterocycles. The largest absolute Gasteiger partial charge is 0.486 e. The number of hydrogen-bond donors (Lipinski definition) is 1. The molecule has 1 aromatic carbocycles. The van der Waals surface area contributed by atoms with Gasteiger partial charge in [-0.25, -0.2) is 4.98 Å². The number of nitrogens with one attached hydrogen (secondary N) is 1. The number of hydrogen-bond acceptors (Lipinski definition) is 4. The zero-order valence-corrected chi connectivity index (χ0v) is 13.0. The maximum Gasteiger partial charge on any atom is 0.268 e. The van der Waals surface area contributed by atoms with Crippen molar-refractivity contribution in [3.8, 4) is 5.75 Å². The molecular weight excluding hydrogens is 340 g/mol. The fourth-order valence-electron chi connectivity index (χ4n) is 1.85. The highest BCUT2D eigenvalue weighted by molar-refractivity contribution is 9.10. The van der Waals surface area contributed by atoms with Crippen molar-refractivity contribution in [1.29, 1.82) is 0 Å². The Labute approximate surface area is 127 Å². The Kier molecular flexibility index (Phi) is 3.58. The number of halogens is 1. The van der Waals surface area contributed by atoms with Gasteiger partial charge in [0.05, 0.1) is 5.52 Å². The fourth-order valence-corrected chi connectivity index (χ4v) is 2.82. The summed E-state index contributed by atoms with van der Waals surface area (Å²) in [7, 11) is 0. The molecule has 1 N–H and O–H groups in total. The topological polar surface area (TPSA) is 55.0 Å². The lowest BCUT2D eigenvalue weighted by Gasteiger charge is -2.07. The summed E-state index contributed by atoms with van der Waals surface area (Å²) < 4.78 is 7.34. The third-order valence-corrected chi connectivity index (χ3v) is 4.66. The molecule has 3 aromatic rings. The molecule has 0 saturated carbocycles. The van der Waals surface area contributed by atoms with Crippen LogP contribution in [0.3, 0.4) is 0 Å². The maximum atomic E-state index is 11.8. The molecule has 0 bridgehead atoms. The van der Waals surface area contributed by atoms with Crippen molar-refractivity contribution < 1.29 is 4.74 Å². The second kappa shape index (κ2) is 5.38. The molecule has 0 spiro atoms. The van der Waals surface area contributed by atoms with Gasteiger partial charge >= 0.3 is 0 Å². The van der Waals surface area contributed by atoms with Crippen molar-refractivity contribution in [2.75, 3.05) is 0 Å². The van der Waals surface area contributed by atoms with Crippen LogP contribution in [-0.4, -0.2) is 9.97 Å². The van der Waals surface area contributed by atoms with Crippen LogP contribution in [0, 0.1) is 6.92 Å². The van der Waals surface area contributed by atoms with Crippen molar-refractivity contribution in [2.24, 2.45) is 0 Å². The summed E-state index contributed by atoms with van der Waals surface area (Å²) in [6, 6.07) is 7.58. The van der Waals surface area contributed by atoms with Crippen LogP contribution in [0.25, 0.3) is 10.2 Å². The van der Waals surface area contributed by atoms with E-state index in [9.17, 15) is 4.79 Å². The first-order valence-electron chi connectivity index (χ1n) is 5.99. The lowest BCUT2D eigenvalue weighted by atomic mass is 10.2. The van der Waals surface area contributed by atoms with Crippen LogP contribution >= 0.6 is 27.3 Å². The van der Waals surface area contributed by atoms with Crippen LogP contribution in [0.1, 0.15) is 11.4 Å². The number of benzene rings is 1. The lowest BCUT2D eigenvalue weighted by Crippen LogP contribution is -2.12. The molecule has 0 amide bonds. The van der Waals surface area contributed by atoms with Gasteiger partial charge in [0, 0.05) is 4.47 Å². The predicted molar refractivity (Wildman–Crippen MR) is 83.5 cm³/mol. The fraction of sp³-hybridized carbons (Fsp3) is 0.143. The average Bonchev–Trinajstić information content (AvgIpc) is 2.89. The van der Waals surface area contributed by atoms with Gasteiger partial charge in [-0.1, -0.05) is 15.9 Å². The zero-order chi connectivity index (χ0) is 14.1. The first-order valence-corrected chi connectivity index (χ1v) is 7.66. The molecule has 0 aliphatic heterocycles. The van der Waals surface area contributed by atoms with Crippen molar-refractivity contribution in [3.63, 3.8) is 0 Å². The monoisotopic (exact) mass is 350 g/mol. The quantitative estimate of drug-likeness (QED) is 0.784. The Hall–Kier alpha value is -1.66. The molecule has 2 heterocycles. The van der Waals surface area contributed by atoms with Gasteiger partial charge in [-0.2, -0.15) is 0 Å². The minimum Gasteiger partial charge on any atom is -0.486 e. The molecule has 0 atom stereocenters. The van der Waals surface area contributed by atoms with Crippen LogP contribution in [0.5, 0.6) is 5.75 Å². The van der Waals surface area contributed by atoms with E-state index in [1.165, 1.54) is 11.3 Å². The molecule has 0 radical (unpaired) electrons. The first kappa shape index (κ1) is 13.3. The molecule has 102 valence electrons. The SMILES string of the molecule is Cc1cc(OCc2nc3ccsc3c(=O)[nH]2)ccc1Br. The Morgan fingerprint density at radius 1 is 1.40 bits per heavy atom. The number of aryl methyl sites for hydroxylation is 1. The van der Waals surface area contributed by atoms with Crippen LogP contribution in [0.15, 0.2) is 38.9 Å². The molecule has 0 unspecified atom stereocenters. The molecule has 0 aliphatic rings. The molecular formula is C14H11BrN2O2S. The summed E-state index contributed by atoms with van der Waals surface area (Å²) in [4.78, 5) is 18.9. The van der Waals surface area contributed by atoms with Crippen LogP contribution < -0.4 is 10.3 Å². The summed E-state index contributed by atoms with van der Waals surface area (Å²) >= 11 is 4.83. The van der Waals surface area contributed by atoms with Crippen molar-refractivity contribution >= 4 is 37.5 Å². The first-order chi connectivity index (χ1) is 9.63. The normalized spacial score (nSPS) is 10.9. The van der Waals surface area contributed by atoms with E-state index in [2.05, 4.69) is 25.9 Å². The summed E-state index contributed by atoms with van der Waals surface area (Å²) in [6.07, 6.45) is 0. The van der Waals surface area contributed by atoms with Gasteiger partial charge in [-0.3, -0.25) is 4.79 Å². The Balaban J connectivity index is 1.82. The number of fused-ring (bicyclic) bond motifs is 1. The molecule has 6 heteroatoms. The number of ether oxygens (including phenoxy) is 1. The third kappa shape index (κ3) is 2.62. The summed E-state index contributed by atoms with van der Waals surface area (Å²) in [5, 5.41) is 1.86. The lowest BCUT2D eigenvalue weighted by molar-refractivity contribution is 0.296. The van der Waals surface area contributed by atoms with E-state index in [4.69, 9.17) is 4.74 Å². The van der Waals surface area contributed by atoms with Gasteiger partial charge in [-0.05, 0) is 42.1 Å². The van der Waals surface area contributed by atoms with Gasteiger partial charge in [0.25, 0.3) is 5.56 Å². The molecule has 0 aliphatic carbocycles. The van der Waals surface area contributed by atoms with E-state index in [0.717, 1.165) is 15.8 Å². The zero-order valence-electron chi connectivity index (χ0n) is 10.6. The highest BCUT2D eigenvalue weighted by atomic mass is 79.9. The molecule has 2 aromatic heterocycles. The Morgan fingerprint density at radius 2 is 2.25 bits per heavy atom. The van der Waals surface area contributed by atoms with Gasteiger partial charge in [0.2, 0.25) is 0 Å². The van der Waals surface area contributed by atoms with E-state index in [-0.39, 0.29) is 12.2 Å². The summed E-state index contributed by atoms with van der Waals surface area (Å²) in [5.41, 5.74) is 1.69. The number of rotatable bonds is 3. The predicted octanol–water partition coefficient (Wildman–Crippen LogP) is 3.63. The van der Waals surface area contributed by atoms with Crippen molar-refractivity contribution in [2.45, 2.75) is 13.5 Å². The number of H-pyrrole nitrogens is 1. The number of nitrogens with zero attached hydrogens (tertiary/aromatic N) is 1. The summed E-state index contributed by atoms with van der Waals surface area (Å²) in [6.45, 7) is 2.23. The number of thiophene rings is 1. The number of aromatic nitrogens is 2. The number of aromatic amines is 1. The smallest absolute Gasteiger partial charge is 0.268 e. The van der Waals surface area contributed by atoms with Crippen LogP contribution in [-0.2, 0) is 6.61 Å². The Morgan fingerprint density at radius 3 is 3.05 bits per heavy atom. The van der Waals surface area contributed by atoms with E-state index in [1.807, 2.05) is 36.6 Å². The minimum atomic E-state index is -0.115. The second-order valence-corrected chi connectivity index (χ2v) is 6.12. The maximum absolute atomic E-state index is 11.8. The average molecular weight is 351 g/mol. The second-order valence-electron chi connectivity index (χ2n) is 4.35. The van der Waals surface area contributed by atoms with Crippen molar-refractivity contribution in [3.05, 3.63) is 55.9 Å². The van der Waals surface area contributed by atoms with Gasteiger partial charge in [0.1, 0.15) is 22.9 Å². The van der Waals surface area contributed by atoms with E-state index >= 15 is 0 Å². The van der Waals surface area contributed by atoms with Gasteiger partial charge in [-0.15, -0.1) is 11.3 Å². The third-order valence-electron chi connectivity index (χ3n) is 2.87. The molecule has 0 fully saturated rings. The highest BCUT2D eigenvalue weighted by Gasteiger charge is 2.06. The highest BCUT2D eigenvalue weighted by Crippen LogP contribution is 2.22. The van der Waals surface area contributed by atoms with Crippen molar-refractivity contribution in [1.82, 2.24) is 9.97 Å². The standard InChI is InChI=1S/C14H11BrN2O2S/c1-8-6-9(2-3-10(8)15)19-7-12-16-11-4-5-20-13(11)14(18)17-12/h2-6H,7H2,1H3,(H,16,17,18). The molecule has 20 heavy (non-hydrogen) atoms. The minimum absolute atomic E-state index is 0.115. The van der Waals surface area contributed by atoms with E-state index in [0.29, 0.717) is 16.0 Å². The van der Waals surface area contributed by atoms with E-state index in [1.54, 1.807) is 0 Å². The molecule has 3 rings (SSSR count). The molecule has 4 nitrogen and oxygen atoms in total.